The fourth-order valence-corrected chi connectivity index (χ4v) is 5.69. The standard InChI is InChI=1S/C30H26Cl2N2O5S/c1-2-39-28-16-14-23(19-25(28)32)40(37,38)34-27(17-20-9-5-3-6-10-20)30(36)33-26-15-13-22(31)18-24(26)29(35)21-11-7-4-8-12-21/h3-16,18-19,27,34H,2,17H2,1H3,(H,33,36)/t27-/m1/s1. The molecule has 0 aromatic heterocycles. The topological polar surface area (TPSA) is 102 Å². The van der Waals surface area contributed by atoms with Gasteiger partial charge in [-0.2, -0.15) is 4.72 Å². The lowest BCUT2D eigenvalue weighted by Gasteiger charge is -2.20. The van der Waals surface area contributed by atoms with Gasteiger partial charge in [0, 0.05) is 16.1 Å². The third-order valence-corrected chi connectivity index (χ3v) is 7.93. The van der Waals surface area contributed by atoms with Crippen LogP contribution in [0.15, 0.2) is 102 Å². The van der Waals surface area contributed by atoms with E-state index < -0.39 is 22.0 Å². The van der Waals surface area contributed by atoms with E-state index in [4.69, 9.17) is 27.9 Å². The molecular formula is C30H26Cl2N2O5S. The Bertz CT molecular complexity index is 1610. The Morgan fingerprint density at radius 1 is 0.875 bits per heavy atom. The molecule has 0 aliphatic heterocycles. The van der Waals surface area contributed by atoms with Gasteiger partial charge in [-0.15, -0.1) is 0 Å². The van der Waals surface area contributed by atoms with Crippen molar-refractivity contribution in [1.29, 1.82) is 0 Å². The quantitative estimate of drug-likeness (QED) is 0.202. The highest BCUT2D eigenvalue weighted by Crippen LogP contribution is 2.28. The van der Waals surface area contributed by atoms with Crippen LogP contribution < -0.4 is 14.8 Å². The summed E-state index contributed by atoms with van der Waals surface area (Å²) in [6.45, 7) is 2.15. The number of sulfonamides is 1. The molecular weight excluding hydrogens is 571 g/mol. The van der Waals surface area contributed by atoms with Crippen molar-refractivity contribution in [2.75, 3.05) is 11.9 Å². The van der Waals surface area contributed by atoms with Crippen LogP contribution in [0.25, 0.3) is 0 Å². The monoisotopic (exact) mass is 596 g/mol. The Kier molecular flexibility index (Phi) is 9.60. The summed E-state index contributed by atoms with van der Waals surface area (Å²) in [5.41, 5.74) is 1.51. The molecule has 0 fully saturated rings. The second-order valence-corrected chi connectivity index (χ2v) is 11.3. The van der Waals surface area contributed by atoms with Crippen molar-refractivity contribution in [1.82, 2.24) is 4.72 Å². The molecule has 0 radical (unpaired) electrons. The Hall–Kier alpha value is -3.69. The van der Waals surface area contributed by atoms with Crippen molar-refractivity contribution in [2.24, 2.45) is 0 Å². The summed E-state index contributed by atoms with van der Waals surface area (Å²) in [4.78, 5) is 26.7. The molecule has 10 heteroatoms. The van der Waals surface area contributed by atoms with Gasteiger partial charge in [-0.25, -0.2) is 8.42 Å². The summed E-state index contributed by atoms with van der Waals surface area (Å²) in [5, 5.41) is 3.16. The van der Waals surface area contributed by atoms with E-state index in [2.05, 4.69) is 10.0 Å². The maximum atomic E-state index is 13.6. The van der Waals surface area contributed by atoms with Gasteiger partial charge in [-0.3, -0.25) is 9.59 Å². The molecule has 0 unspecified atom stereocenters. The van der Waals surface area contributed by atoms with E-state index in [0.29, 0.717) is 22.9 Å². The average Bonchev–Trinajstić information content (AvgIpc) is 2.95. The number of rotatable bonds is 11. The Balaban J connectivity index is 1.65. The molecule has 0 spiro atoms. The normalized spacial score (nSPS) is 12.0. The molecule has 4 aromatic carbocycles. The highest BCUT2D eigenvalue weighted by atomic mass is 35.5. The van der Waals surface area contributed by atoms with Crippen LogP contribution in [0.4, 0.5) is 5.69 Å². The van der Waals surface area contributed by atoms with Crippen molar-refractivity contribution < 1.29 is 22.7 Å². The highest BCUT2D eigenvalue weighted by molar-refractivity contribution is 7.89. The molecule has 2 N–H and O–H groups in total. The maximum absolute atomic E-state index is 13.6. The second-order valence-electron chi connectivity index (χ2n) is 8.76. The molecule has 0 aliphatic carbocycles. The number of ether oxygens (including phenoxy) is 1. The lowest BCUT2D eigenvalue weighted by molar-refractivity contribution is -0.117. The number of hydrogen-bond donors (Lipinski definition) is 2. The van der Waals surface area contributed by atoms with E-state index in [0.717, 1.165) is 5.56 Å². The summed E-state index contributed by atoms with van der Waals surface area (Å²) in [6, 6.07) is 24.9. The number of carbonyl (C=O) groups excluding carboxylic acids is 2. The van der Waals surface area contributed by atoms with E-state index in [9.17, 15) is 18.0 Å². The number of nitrogens with one attached hydrogen (secondary N) is 2. The summed E-state index contributed by atoms with van der Waals surface area (Å²) in [6.07, 6.45) is 0.0478. The van der Waals surface area contributed by atoms with Gasteiger partial charge in [-0.1, -0.05) is 83.9 Å². The first-order valence-electron chi connectivity index (χ1n) is 12.4. The van der Waals surface area contributed by atoms with Gasteiger partial charge < -0.3 is 10.1 Å². The highest BCUT2D eigenvalue weighted by Gasteiger charge is 2.28. The third kappa shape index (κ3) is 7.28. The molecule has 0 aliphatic rings. The van der Waals surface area contributed by atoms with Gasteiger partial charge >= 0.3 is 0 Å². The van der Waals surface area contributed by atoms with Crippen LogP contribution >= 0.6 is 23.2 Å². The van der Waals surface area contributed by atoms with Crippen molar-refractivity contribution in [2.45, 2.75) is 24.3 Å². The molecule has 7 nitrogen and oxygen atoms in total. The number of benzene rings is 4. The van der Waals surface area contributed by atoms with Crippen LogP contribution in [0.3, 0.4) is 0 Å². The average molecular weight is 598 g/mol. The fourth-order valence-electron chi connectivity index (χ4n) is 3.99. The minimum absolute atomic E-state index is 0.0478. The summed E-state index contributed by atoms with van der Waals surface area (Å²) < 4.78 is 34.6. The Morgan fingerprint density at radius 2 is 1.55 bits per heavy atom. The zero-order valence-electron chi connectivity index (χ0n) is 21.4. The van der Waals surface area contributed by atoms with Crippen LogP contribution in [0.5, 0.6) is 5.75 Å². The van der Waals surface area contributed by atoms with Crippen molar-refractivity contribution in [3.05, 3.63) is 124 Å². The Morgan fingerprint density at radius 3 is 2.20 bits per heavy atom. The van der Waals surface area contributed by atoms with Crippen LogP contribution in [-0.2, 0) is 21.2 Å². The smallest absolute Gasteiger partial charge is 0.242 e. The van der Waals surface area contributed by atoms with Gasteiger partial charge in [0.25, 0.3) is 0 Å². The van der Waals surface area contributed by atoms with Crippen molar-refractivity contribution >= 4 is 50.6 Å². The molecule has 4 rings (SSSR count). The molecule has 0 saturated heterocycles. The lowest BCUT2D eigenvalue weighted by Crippen LogP contribution is -2.45. The summed E-state index contributed by atoms with van der Waals surface area (Å²) in [5.74, 6) is -0.656. The molecule has 0 heterocycles. The molecule has 40 heavy (non-hydrogen) atoms. The number of carbonyl (C=O) groups is 2. The zero-order chi connectivity index (χ0) is 28.7. The first-order chi connectivity index (χ1) is 19.2. The van der Waals surface area contributed by atoms with Gasteiger partial charge in [0.05, 0.1) is 22.2 Å². The number of ketones is 1. The van der Waals surface area contributed by atoms with E-state index in [-0.39, 0.29) is 33.4 Å². The SMILES string of the molecule is CCOc1ccc(S(=O)(=O)N[C@H](Cc2ccccc2)C(=O)Nc2ccc(Cl)cc2C(=O)c2ccccc2)cc1Cl. The zero-order valence-corrected chi connectivity index (χ0v) is 23.8. The van der Waals surface area contributed by atoms with E-state index in [1.165, 1.54) is 36.4 Å². The third-order valence-electron chi connectivity index (χ3n) is 5.93. The van der Waals surface area contributed by atoms with Crippen LogP contribution in [-0.4, -0.2) is 32.8 Å². The van der Waals surface area contributed by atoms with Gasteiger partial charge in [0.1, 0.15) is 11.8 Å². The Labute approximate surface area is 243 Å². The van der Waals surface area contributed by atoms with Gasteiger partial charge in [0.15, 0.2) is 5.78 Å². The van der Waals surface area contributed by atoms with E-state index >= 15 is 0 Å². The minimum Gasteiger partial charge on any atom is -0.492 e. The van der Waals surface area contributed by atoms with Crippen molar-refractivity contribution in [3.8, 4) is 5.75 Å². The minimum atomic E-state index is -4.19. The maximum Gasteiger partial charge on any atom is 0.242 e. The number of amides is 1. The molecule has 1 atom stereocenters. The molecule has 4 aromatic rings. The molecule has 0 bridgehead atoms. The second kappa shape index (κ2) is 13.1. The number of anilines is 1. The van der Waals surface area contributed by atoms with Gasteiger partial charge in [0.2, 0.25) is 15.9 Å². The largest absolute Gasteiger partial charge is 0.492 e. The first kappa shape index (κ1) is 29.3. The predicted molar refractivity (Wildman–Crippen MR) is 157 cm³/mol. The fraction of sp³-hybridized carbons (Fsp3) is 0.133. The van der Waals surface area contributed by atoms with Crippen molar-refractivity contribution in [3.63, 3.8) is 0 Å². The number of halogens is 2. The van der Waals surface area contributed by atoms with E-state index in [1.807, 2.05) is 6.07 Å². The van der Waals surface area contributed by atoms with Crippen LogP contribution in [0.1, 0.15) is 28.4 Å². The molecule has 1 amide bonds. The lowest BCUT2D eigenvalue weighted by atomic mass is 10.0. The molecule has 0 saturated carbocycles. The van der Waals surface area contributed by atoms with E-state index in [1.54, 1.807) is 61.5 Å². The number of hydrogen-bond acceptors (Lipinski definition) is 5. The van der Waals surface area contributed by atoms with Gasteiger partial charge in [-0.05, 0) is 55.3 Å². The van der Waals surface area contributed by atoms with Crippen LogP contribution in [0, 0.1) is 0 Å². The summed E-state index contributed by atoms with van der Waals surface area (Å²) in [7, 11) is -4.19. The molecule has 206 valence electrons. The summed E-state index contributed by atoms with van der Waals surface area (Å²) >= 11 is 12.4. The first-order valence-corrected chi connectivity index (χ1v) is 14.6. The predicted octanol–water partition coefficient (Wildman–Crippen LogP) is 6.15. The van der Waals surface area contributed by atoms with Crippen LogP contribution in [0.2, 0.25) is 10.0 Å².